The molecular weight excluding hydrogens is 220 g/mol. The number of nitriles is 1. The Balaban J connectivity index is 0.000000171. The lowest BCUT2D eigenvalue weighted by molar-refractivity contribution is 0.0696. The number of nitrogens with zero attached hydrogens (tertiary/aromatic N) is 4. The quantitative estimate of drug-likeness (QED) is 0.785. The highest BCUT2D eigenvalue weighted by atomic mass is 16.4. The number of carbonyl (C=O) groups is 1. The van der Waals surface area contributed by atoms with Crippen molar-refractivity contribution in [1.29, 1.82) is 5.26 Å². The van der Waals surface area contributed by atoms with Gasteiger partial charge in [0.1, 0.15) is 6.07 Å². The highest BCUT2D eigenvalue weighted by Gasteiger charge is 1.97. The summed E-state index contributed by atoms with van der Waals surface area (Å²) in [6.07, 6.45) is 5.96. The van der Waals surface area contributed by atoms with Crippen molar-refractivity contribution in [2.24, 2.45) is 0 Å². The molecule has 0 spiro atoms. The summed E-state index contributed by atoms with van der Waals surface area (Å²) < 4.78 is 0. The molecule has 0 aliphatic carbocycles. The lowest BCUT2D eigenvalue weighted by atomic mass is 10.3. The SMILES string of the molecule is N#Cc1ncccn1.O=C(O)c1ccncc1. The number of rotatable bonds is 1. The van der Waals surface area contributed by atoms with Gasteiger partial charge in [-0.2, -0.15) is 5.26 Å². The Bertz CT molecular complexity index is 508. The third-order valence-corrected chi connectivity index (χ3v) is 1.59. The van der Waals surface area contributed by atoms with E-state index in [0.29, 0.717) is 0 Å². The monoisotopic (exact) mass is 228 g/mol. The number of carboxylic acids is 1. The summed E-state index contributed by atoms with van der Waals surface area (Å²) in [7, 11) is 0. The number of carboxylic acid groups (broad SMARTS) is 1. The highest BCUT2D eigenvalue weighted by Crippen LogP contribution is 1.93. The first-order chi connectivity index (χ1) is 8.24. The van der Waals surface area contributed by atoms with Gasteiger partial charge in [0, 0.05) is 24.8 Å². The van der Waals surface area contributed by atoms with E-state index in [2.05, 4.69) is 15.0 Å². The molecule has 0 aliphatic heterocycles. The van der Waals surface area contributed by atoms with Gasteiger partial charge in [0.2, 0.25) is 5.82 Å². The second kappa shape index (κ2) is 6.63. The van der Waals surface area contributed by atoms with E-state index in [-0.39, 0.29) is 11.4 Å². The molecule has 0 amide bonds. The van der Waals surface area contributed by atoms with Crippen LogP contribution < -0.4 is 0 Å². The Morgan fingerprint density at radius 2 is 1.76 bits per heavy atom. The summed E-state index contributed by atoms with van der Waals surface area (Å²) in [6.45, 7) is 0. The fourth-order valence-electron chi connectivity index (χ4n) is 0.851. The van der Waals surface area contributed by atoms with Gasteiger partial charge in [0.05, 0.1) is 5.56 Å². The molecule has 0 unspecified atom stereocenters. The number of hydrogen-bond donors (Lipinski definition) is 1. The normalized spacial score (nSPS) is 8.41. The van der Waals surface area contributed by atoms with Crippen molar-refractivity contribution < 1.29 is 9.90 Å². The zero-order valence-corrected chi connectivity index (χ0v) is 8.69. The fourth-order valence-corrected chi connectivity index (χ4v) is 0.851. The predicted octanol–water partition coefficient (Wildman–Crippen LogP) is 1.13. The molecule has 84 valence electrons. The van der Waals surface area contributed by atoms with E-state index in [1.807, 2.05) is 0 Å². The molecule has 2 heterocycles. The molecule has 2 aromatic rings. The average Bonchev–Trinajstić information content (AvgIpc) is 2.41. The van der Waals surface area contributed by atoms with Gasteiger partial charge < -0.3 is 5.11 Å². The van der Waals surface area contributed by atoms with E-state index in [1.165, 1.54) is 36.9 Å². The first kappa shape index (κ1) is 12.3. The minimum Gasteiger partial charge on any atom is -0.478 e. The fraction of sp³-hybridized carbons (Fsp3) is 0. The van der Waals surface area contributed by atoms with Crippen molar-refractivity contribution in [3.8, 4) is 6.07 Å². The number of hydrogen-bond acceptors (Lipinski definition) is 5. The Kier molecular flexibility index (Phi) is 4.78. The molecule has 0 bridgehead atoms. The molecule has 0 saturated heterocycles. The Hall–Kier alpha value is -2.81. The van der Waals surface area contributed by atoms with Crippen LogP contribution in [0.1, 0.15) is 16.2 Å². The standard InChI is InChI=1S/C6H5NO2.C5H3N3/c8-6(9)5-1-3-7-4-2-5;6-4-5-7-2-1-3-8-5/h1-4H,(H,8,9);1-3H. The smallest absolute Gasteiger partial charge is 0.335 e. The largest absolute Gasteiger partial charge is 0.478 e. The van der Waals surface area contributed by atoms with Crippen molar-refractivity contribution in [3.05, 3.63) is 54.4 Å². The van der Waals surface area contributed by atoms with Crippen molar-refractivity contribution in [3.63, 3.8) is 0 Å². The molecule has 6 heteroatoms. The number of aromatic nitrogens is 3. The minimum atomic E-state index is -0.919. The van der Waals surface area contributed by atoms with Gasteiger partial charge in [0.15, 0.2) is 0 Å². The van der Waals surface area contributed by atoms with Gasteiger partial charge in [0.25, 0.3) is 0 Å². The van der Waals surface area contributed by atoms with Gasteiger partial charge in [-0.1, -0.05) is 0 Å². The van der Waals surface area contributed by atoms with Crippen LogP contribution in [0.5, 0.6) is 0 Å². The van der Waals surface area contributed by atoms with E-state index in [4.69, 9.17) is 10.4 Å². The van der Waals surface area contributed by atoms with Crippen molar-refractivity contribution in [2.45, 2.75) is 0 Å². The molecule has 0 saturated carbocycles. The van der Waals surface area contributed by atoms with Crippen molar-refractivity contribution in [1.82, 2.24) is 15.0 Å². The van der Waals surface area contributed by atoms with Crippen LogP contribution in [0.15, 0.2) is 43.0 Å². The maximum absolute atomic E-state index is 10.2. The van der Waals surface area contributed by atoms with Crippen LogP contribution >= 0.6 is 0 Å². The van der Waals surface area contributed by atoms with Crippen LogP contribution in [0.2, 0.25) is 0 Å². The van der Waals surface area contributed by atoms with E-state index in [9.17, 15) is 4.79 Å². The summed E-state index contributed by atoms with van der Waals surface area (Å²) in [5.74, 6) is -0.704. The first-order valence-corrected chi connectivity index (χ1v) is 4.54. The first-order valence-electron chi connectivity index (χ1n) is 4.54. The molecule has 6 nitrogen and oxygen atoms in total. The molecule has 17 heavy (non-hydrogen) atoms. The van der Waals surface area contributed by atoms with Gasteiger partial charge in [-0.3, -0.25) is 4.98 Å². The van der Waals surface area contributed by atoms with Crippen molar-refractivity contribution in [2.75, 3.05) is 0 Å². The van der Waals surface area contributed by atoms with Crippen LogP contribution in [0.25, 0.3) is 0 Å². The molecule has 2 rings (SSSR count). The molecular formula is C11H8N4O2. The summed E-state index contributed by atoms with van der Waals surface area (Å²) in [4.78, 5) is 21.1. The van der Waals surface area contributed by atoms with Gasteiger partial charge in [-0.05, 0) is 18.2 Å². The Morgan fingerprint density at radius 3 is 2.12 bits per heavy atom. The van der Waals surface area contributed by atoms with Gasteiger partial charge in [-0.15, -0.1) is 0 Å². The molecule has 0 radical (unpaired) electrons. The van der Waals surface area contributed by atoms with E-state index in [0.717, 1.165) is 0 Å². The summed E-state index contributed by atoms with van der Waals surface area (Å²) in [6, 6.07) is 6.37. The highest BCUT2D eigenvalue weighted by molar-refractivity contribution is 5.87. The maximum Gasteiger partial charge on any atom is 0.335 e. The van der Waals surface area contributed by atoms with Crippen LogP contribution in [0.3, 0.4) is 0 Å². The third kappa shape index (κ3) is 4.48. The maximum atomic E-state index is 10.2. The van der Waals surface area contributed by atoms with E-state index >= 15 is 0 Å². The molecule has 2 aromatic heterocycles. The van der Waals surface area contributed by atoms with Gasteiger partial charge >= 0.3 is 5.97 Å². The van der Waals surface area contributed by atoms with Crippen LogP contribution in [-0.4, -0.2) is 26.0 Å². The number of pyridine rings is 1. The predicted molar refractivity (Wildman–Crippen MR) is 57.9 cm³/mol. The zero-order valence-electron chi connectivity index (χ0n) is 8.69. The Labute approximate surface area is 97.2 Å². The third-order valence-electron chi connectivity index (χ3n) is 1.59. The summed E-state index contributed by atoms with van der Waals surface area (Å²) in [5.41, 5.74) is 0.269. The summed E-state index contributed by atoms with van der Waals surface area (Å²) >= 11 is 0. The lowest BCUT2D eigenvalue weighted by Crippen LogP contribution is -1.94. The molecule has 1 N–H and O–H groups in total. The zero-order chi connectivity index (χ0) is 12.5. The molecule has 0 atom stereocenters. The minimum absolute atomic E-state index is 0.215. The topological polar surface area (TPSA) is 99.8 Å². The lowest BCUT2D eigenvalue weighted by Gasteiger charge is -1.87. The Morgan fingerprint density at radius 1 is 1.18 bits per heavy atom. The van der Waals surface area contributed by atoms with Crippen LogP contribution in [0, 0.1) is 11.3 Å². The molecule has 0 aromatic carbocycles. The molecule has 0 fully saturated rings. The molecule has 0 aliphatic rings. The van der Waals surface area contributed by atoms with Crippen LogP contribution in [-0.2, 0) is 0 Å². The average molecular weight is 228 g/mol. The van der Waals surface area contributed by atoms with E-state index < -0.39 is 5.97 Å². The number of aromatic carboxylic acids is 1. The second-order valence-corrected chi connectivity index (χ2v) is 2.73. The van der Waals surface area contributed by atoms with E-state index in [1.54, 1.807) is 12.1 Å². The van der Waals surface area contributed by atoms with Crippen molar-refractivity contribution >= 4 is 5.97 Å². The van der Waals surface area contributed by atoms with Crippen LogP contribution in [0.4, 0.5) is 0 Å². The summed E-state index contributed by atoms with van der Waals surface area (Å²) in [5, 5.41) is 16.5. The van der Waals surface area contributed by atoms with Gasteiger partial charge in [-0.25, -0.2) is 14.8 Å². The second-order valence-electron chi connectivity index (χ2n) is 2.73.